The average molecular weight is 1910 g/mol. The van der Waals surface area contributed by atoms with Gasteiger partial charge in [-0.05, 0) is 186 Å². The van der Waals surface area contributed by atoms with Crippen molar-refractivity contribution in [3.05, 3.63) is 330 Å². The van der Waals surface area contributed by atoms with E-state index in [0.717, 1.165) is 228 Å². The molecular formula is C110H101N21O6S3. The SMILES string of the molecule is CC1(C)CCc2nc3cc(-c4cn(-c5ccccc5)nn4)ccc3c(=O)n2C1.CC1(C)CCc2nc3cc(-c4cnc(-c5ccccn5)o4)ccc3c(=O)n2C1.CC1(C)CCc2nc3cc(-c4cnc(-c5ccccn5)s4)ccc3c(=O)n2C1.CC1(C)CCc2nc3cc(-c4nc(-c5ccccn5)cs4)ccc3c(=O)n2C1.CC1(C)CCc2nc3cc(-c4ncc(-c5ccccn5)s4)ccc3c(=O)n2C1. The second kappa shape index (κ2) is 37.0. The molecule has 0 amide bonds. The summed E-state index contributed by atoms with van der Waals surface area (Å²) >= 11 is 4.77. The number of para-hydroxylation sites is 1. The Hall–Kier alpha value is -15.1. The minimum atomic E-state index is 0.0334. The van der Waals surface area contributed by atoms with E-state index in [2.05, 4.69) is 114 Å². The van der Waals surface area contributed by atoms with Gasteiger partial charge >= 0.3 is 0 Å². The second-order valence-corrected chi connectivity index (χ2v) is 43.4. The van der Waals surface area contributed by atoms with Crippen LogP contribution in [0.1, 0.15) is 130 Å². The molecule has 700 valence electrons. The van der Waals surface area contributed by atoms with Gasteiger partial charge in [-0.3, -0.25) is 66.7 Å². The van der Waals surface area contributed by atoms with E-state index >= 15 is 0 Å². The zero-order valence-corrected chi connectivity index (χ0v) is 81.8. The van der Waals surface area contributed by atoms with Crippen LogP contribution in [-0.2, 0) is 64.8 Å². The highest BCUT2D eigenvalue weighted by Crippen LogP contribution is 2.41. The van der Waals surface area contributed by atoms with Gasteiger partial charge < -0.3 is 4.42 Å². The third-order valence-corrected chi connectivity index (χ3v) is 29.8. The molecule has 0 saturated heterocycles. The Bertz CT molecular complexity index is 7340. The maximum atomic E-state index is 13.0. The average Bonchev–Trinajstić information content (AvgIpc) is 1.10. The molecule has 25 rings (SSSR count). The van der Waals surface area contributed by atoms with Crippen molar-refractivity contribution in [2.75, 3.05) is 0 Å². The summed E-state index contributed by atoms with van der Waals surface area (Å²) in [6.45, 7) is 25.6. The zero-order chi connectivity index (χ0) is 96.5. The van der Waals surface area contributed by atoms with Gasteiger partial charge in [0.15, 0.2) is 5.76 Å². The summed E-state index contributed by atoms with van der Waals surface area (Å²) in [4.78, 5) is 127. The third-order valence-electron chi connectivity index (χ3n) is 26.7. The first-order chi connectivity index (χ1) is 67.5. The standard InChI is InChI=1S/C22H21N5O.C22H20N4O2.3C22H20N4OS/c1-22(2)11-10-20-23-18-12-15(8-9-17(18)21(28)26(20)14-22)19-13-27(25-24-19)16-6-4-3-5-7-16;1-22(2)9-8-19-25-17-11-14(6-7-15(17)21(27)26(19)13-22)18-12-24-20(28-18)16-5-3-4-10-23-16;1-22(2)9-8-19-24-17-11-14(6-7-15(17)21(27)26(19)13-22)20-25-18(12-28-20)16-5-3-4-10-23-16;1-22(2)9-8-19-25-17-11-14(6-7-15(17)21(27)26(19)13-22)20-24-12-18(28-20)16-5-3-4-10-23-16;1-22(2)9-8-19-25-17-11-14(6-7-15(17)21(27)26(19)13-22)18-12-24-20(28-18)16-5-3-4-10-23-16/h3-9,12-13H,10-11,14H2,1-2H3;4*3-7,10-12H,8-9,13H2,1-2H3. The highest BCUT2D eigenvalue weighted by molar-refractivity contribution is 7.18. The predicted molar refractivity (Wildman–Crippen MR) is 553 cm³/mol. The largest absolute Gasteiger partial charge is 0.435 e. The fourth-order valence-electron chi connectivity index (χ4n) is 18.8. The van der Waals surface area contributed by atoms with Crippen molar-refractivity contribution in [1.82, 2.24) is 103 Å². The lowest BCUT2D eigenvalue weighted by atomic mass is 9.85. The molecule has 20 aromatic rings. The Morgan fingerprint density at radius 3 is 1.12 bits per heavy atom. The Morgan fingerprint density at radius 1 is 0.307 bits per heavy atom. The lowest BCUT2D eigenvalue weighted by molar-refractivity contribution is 0.240. The molecular weight excluding hydrogens is 1810 g/mol. The number of oxazole rings is 1. The van der Waals surface area contributed by atoms with Crippen LogP contribution >= 0.6 is 34.0 Å². The summed E-state index contributed by atoms with van der Waals surface area (Å²) in [6.07, 6.45) is 23.7. The summed E-state index contributed by atoms with van der Waals surface area (Å²) in [5.41, 5.74) is 15.3. The topological polar surface area (TPSA) is 321 Å². The number of rotatable bonds is 10. The van der Waals surface area contributed by atoms with Gasteiger partial charge in [0.05, 0.1) is 99.4 Å². The Kier molecular flexibility index (Phi) is 24.1. The first kappa shape index (κ1) is 91.3. The van der Waals surface area contributed by atoms with Crippen LogP contribution in [-0.4, -0.2) is 103 Å². The molecule has 140 heavy (non-hydrogen) atoms. The first-order valence-electron chi connectivity index (χ1n) is 47.2. The lowest BCUT2D eigenvalue weighted by Gasteiger charge is -2.31. The number of fused-ring (bicyclic) bond motifs is 10. The number of thiazole rings is 3. The minimum Gasteiger partial charge on any atom is -0.435 e. The van der Waals surface area contributed by atoms with Crippen molar-refractivity contribution in [2.24, 2.45) is 27.1 Å². The van der Waals surface area contributed by atoms with Crippen LogP contribution in [0, 0.1) is 27.1 Å². The highest BCUT2D eigenvalue weighted by atomic mass is 32.1. The van der Waals surface area contributed by atoms with E-state index in [-0.39, 0.29) is 54.9 Å². The van der Waals surface area contributed by atoms with E-state index in [4.69, 9.17) is 34.3 Å². The Labute approximate surface area is 817 Å². The van der Waals surface area contributed by atoms with E-state index in [1.54, 1.807) is 69.7 Å². The highest BCUT2D eigenvalue weighted by Gasteiger charge is 2.34. The maximum absolute atomic E-state index is 13.0. The second-order valence-electron chi connectivity index (χ2n) is 40.4. The molecule has 0 atom stereocenters. The van der Waals surface area contributed by atoms with Gasteiger partial charge in [-0.2, -0.15) is 0 Å². The number of benzene rings is 6. The van der Waals surface area contributed by atoms with E-state index in [1.165, 1.54) is 0 Å². The fourth-order valence-corrected chi connectivity index (χ4v) is 21.4. The summed E-state index contributed by atoms with van der Waals surface area (Å²) in [6, 6.07) is 61.8. The molecule has 0 spiro atoms. The van der Waals surface area contributed by atoms with Gasteiger partial charge in [0, 0.05) is 130 Å². The molecule has 5 aliphatic rings. The molecule has 27 nitrogen and oxygen atoms in total. The fraction of sp³-hybridized carbons (Fsp3) is 0.273. The smallest absolute Gasteiger partial charge is 0.261 e. The molecule has 0 N–H and O–H groups in total. The summed E-state index contributed by atoms with van der Waals surface area (Å²) in [5, 5.41) is 16.6. The van der Waals surface area contributed by atoms with Crippen LogP contribution in [0.2, 0.25) is 0 Å². The molecule has 0 aliphatic carbocycles. The number of nitrogens with zero attached hydrogens (tertiary/aromatic N) is 21. The molecule has 30 heteroatoms. The summed E-state index contributed by atoms with van der Waals surface area (Å²) in [7, 11) is 0. The van der Waals surface area contributed by atoms with Gasteiger partial charge in [-0.1, -0.05) is 147 Å². The number of hydrogen-bond donors (Lipinski definition) is 0. The normalized spacial score (nSPS) is 15.5. The van der Waals surface area contributed by atoms with Crippen LogP contribution in [0.4, 0.5) is 0 Å². The summed E-state index contributed by atoms with van der Waals surface area (Å²) < 4.78 is 16.9. The quantitative estimate of drug-likeness (QED) is 0.123. The molecule has 6 aromatic carbocycles. The molecule has 19 heterocycles. The van der Waals surface area contributed by atoms with E-state index < -0.39 is 0 Å². The van der Waals surface area contributed by atoms with Crippen LogP contribution in [0.3, 0.4) is 0 Å². The molecule has 0 saturated carbocycles. The van der Waals surface area contributed by atoms with Crippen molar-refractivity contribution >= 4 is 88.5 Å². The van der Waals surface area contributed by atoms with Gasteiger partial charge in [0.2, 0.25) is 5.89 Å². The number of hydrogen-bond acceptors (Lipinski definition) is 24. The van der Waals surface area contributed by atoms with Crippen molar-refractivity contribution in [3.63, 3.8) is 0 Å². The molecule has 0 fully saturated rings. The Morgan fingerprint density at radius 2 is 0.671 bits per heavy atom. The molecule has 0 unspecified atom stereocenters. The minimum absolute atomic E-state index is 0.0334. The molecule has 0 radical (unpaired) electrons. The van der Waals surface area contributed by atoms with Gasteiger partial charge in [0.25, 0.3) is 27.8 Å². The van der Waals surface area contributed by atoms with E-state index in [9.17, 15) is 24.0 Å². The maximum Gasteiger partial charge on any atom is 0.261 e. The third kappa shape index (κ3) is 19.0. The van der Waals surface area contributed by atoms with Crippen molar-refractivity contribution in [3.8, 4) is 104 Å². The number of pyridine rings is 4. The van der Waals surface area contributed by atoms with Crippen molar-refractivity contribution in [2.45, 2.75) is 166 Å². The van der Waals surface area contributed by atoms with Gasteiger partial charge in [0.1, 0.15) is 61.2 Å². The molecule has 5 aliphatic heterocycles. The monoisotopic (exact) mass is 1910 g/mol. The Balaban J connectivity index is 0.000000104. The van der Waals surface area contributed by atoms with E-state index in [1.807, 2.05) is 241 Å². The lowest BCUT2D eigenvalue weighted by Crippen LogP contribution is -2.36. The van der Waals surface area contributed by atoms with Gasteiger partial charge in [-0.25, -0.2) is 49.5 Å². The molecule has 14 aromatic heterocycles. The first-order valence-corrected chi connectivity index (χ1v) is 49.7. The van der Waals surface area contributed by atoms with Crippen LogP contribution in [0.25, 0.3) is 159 Å². The number of aryl methyl sites for hydroxylation is 5. The van der Waals surface area contributed by atoms with Crippen molar-refractivity contribution in [1.29, 1.82) is 0 Å². The van der Waals surface area contributed by atoms with Crippen LogP contribution in [0.15, 0.2) is 277 Å². The van der Waals surface area contributed by atoms with E-state index in [0.29, 0.717) is 56.3 Å². The predicted octanol–water partition coefficient (Wildman–Crippen LogP) is 21.4. The zero-order valence-electron chi connectivity index (χ0n) is 79.3. The number of aromatic nitrogens is 21. The van der Waals surface area contributed by atoms with Gasteiger partial charge in [-0.15, -0.1) is 39.1 Å². The van der Waals surface area contributed by atoms with Crippen LogP contribution in [0.5, 0.6) is 0 Å². The summed E-state index contributed by atoms with van der Waals surface area (Å²) in [5.74, 6) is 5.51. The van der Waals surface area contributed by atoms with Crippen molar-refractivity contribution < 1.29 is 4.42 Å². The van der Waals surface area contributed by atoms with Crippen LogP contribution < -0.4 is 27.8 Å². The molecule has 0 bridgehead atoms.